The minimum Gasteiger partial charge on any atom is -0.508 e. The van der Waals surface area contributed by atoms with Crippen LogP contribution in [0, 0.1) is 3.57 Å². The lowest BCUT2D eigenvalue weighted by Crippen LogP contribution is -1.74. The average molecular weight is 328 g/mol. The Morgan fingerprint density at radius 2 is 1.27 bits per heavy atom. The molecule has 0 fully saturated rings. The Bertz CT molecular complexity index is 393. The fourth-order valence-corrected chi connectivity index (χ4v) is 2.33. The summed E-state index contributed by atoms with van der Waals surface area (Å²) in [5.41, 5.74) is 0. The van der Waals surface area contributed by atoms with Gasteiger partial charge in [-0.2, -0.15) is 0 Å². The van der Waals surface area contributed by atoms with Gasteiger partial charge in [0, 0.05) is 13.4 Å². The van der Waals surface area contributed by atoms with E-state index < -0.39 is 0 Å². The van der Waals surface area contributed by atoms with Gasteiger partial charge in [-0.15, -0.1) is 0 Å². The summed E-state index contributed by atoms with van der Waals surface area (Å²) in [4.78, 5) is 2.34. The maximum Gasteiger partial charge on any atom is 0.115 e. The van der Waals surface area contributed by atoms with Crippen LogP contribution in [0.4, 0.5) is 0 Å². The lowest BCUT2D eigenvalue weighted by molar-refractivity contribution is 0.475. The van der Waals surface area contributed by atoms with Crippen molar-refractivity contribution in [3.63, 3.8) is 0 Å². The van der Waals surface area contributed by atoms with E-state index in [4.69, 9.17) is 5.11 Å². The molecule has 2 rings (SSSR count). The van der Waals surface area contributed by atoms with Crippen LogP contribution in [0.15, 0.2) is 58.3 Å². The fraction of sp³-hybridized carbons (Fsp3) is 0. The Labute approximate surface area is 107 Å². The Hall–Kier alpha value is -0.680. The van der Waals surface area contributed by atoms with Crippen molar-refractivity contribution in [2.75, 3.05) is 0 Å². The van der Waals surface area contributed by atoms with Gasteiger partial charge in [-0.05, 0) is 71.1 Å². The first-order chi connectivity index (χ1) is 7.24. The summed E-state index contributed by atoms with van der Waals surface area (Å²) in [5, 5.41) is 9.15. The summed E-state index contributed by atoms with van der Waals surface area (Å²) < 4.78 is 1.24. The van der Waals surface area contributed by atoms with Gasteiger partial charge in [0.05, 0.1) is 0 Å². The van der Waals surface area contributed by atoms with Crippen LogP contribution in [0.2, 0.25) is 0 Å². The van der Waals surface area contributed by atoms with Gasteiger partial charge in [0.2, 0.25) is 0 Å². The van der Waals surface area contributed by atoms with E-state index in [9.17, 15) is 0 Å². The maximum atomic E-state index is 9.15. The molecule has 0 bridgehead atoms. The normalized spacial score (nSPS) is 10.2. The number of halogens is 1. The molecular formula is C12H9IOS. The van der Waals surface area contributed by atoms with Crippen molar-refractivity contribution in [3.05, 3.63) is 52.1 Å². The molecule has 2 aromatic carbocycles. The zero-order valence-corrected chi connectivity index (χ0v) is 10.8. The van der Waals surface area contributed by atoms with Crippen molar-refractivity contribution in [2.45, 2.75) is 9.79 Å². The molecule has 0 aliphatic rings. The monoisotopic (exact) mass is 328 g/mol. The first-order valence-corrected chi connectivity index (χ1v) is 6.36. The molecule has 0 radical (unpaired) electrons. The lowest BCUT2D eigenvalue weighted by Gasteiger charge is -2.01. The fourth-order valence-electron chi connectivity index (χ4n) is 1.15. The van der Waals surface area contributed by atoms with E-state index in [0.717, 1.165) is 4.90 Å². The highest BCUT2D eigenvalue weighted by atomic mass is 127. The van der Waals surface area contributed by atoms with Crippen molar-refractivity contribution in [2.24, 2.45) is 0 Å². The number of phenols is 1. The summed E-state index contributed by atoms with van der Waals surface area (Å²) in [7, 11) is 0. The molecule has 0 saturated carbocycles. The number of rotatable bonds is 2. The molecule has 76 valence electrons. The molecule has 0 aromatic heterocycles. The zero-order valence-electron chi connectivity index (χ0n) is 7.85. The van der Waals surface area contributed by atoms with Gasteiger partial charge in [0.25, 0.3) is 0 Å². The molecule has 1 N–H and O–H groups in total. The maximum absolute atomic E-state index is 9.15. The molecule has 1 nitrogen and oxygen atoms in total. The molecule has 0 amide bonds. The minimum absolute atomic E-state index is 0.307. The summed E-state index contributed by atoms with van der Waals surface area (Å²) >= 11 is 3.98. The van der Waals surface area contributed by atoms with E-state index in [-0.39, 0.29) is 0 Å². The van der Waals surface area contributed by atoms with Gasteiger partial charge in [0.15, 0.2) is 0 Å². The molecule has 0 unspecified atom stereocenters. The molecule has 0 aliphatic heterocycles. The topological polar surface area (TPSA) is 20.2 Å². The predicted octanol–water partition coefficient (Wildman–Crippen LogP) is 4.15. The molecule has 0 aliphatic carbocycles. The Morgan fingerprint density at radius 1 is 0.800 bits per heavy atom. The summed E-state index contributed by atoms with van der Waals surface area (Å²) in [6.45, 7) is 0. The zero-order chi connectivity index (χ0) is 10.7. The molecule has 2 aromatic rings. The largest absolute Gasteiger partial charge is 0.508 e. The number of benzene rings is 2. The quantitative estimate of drug-likeness (QED) is 0.836. The molecular weight excluding hydrogens is 319 g/mol. The third-order valence-corrected chi connectivity index (χ3v) is 3.62. The highest BCUT2D eigenvalue weighted by Crippen LogP contribution is 2.28. The van der Waals surface area contributed by atoms with Gasteiger partial charge >= 0.3 is 0 Å². The molecule has 0 heterocycles. The van der Waals surface area contributed by atoms with Gasteiger partial charge in [0.1, 0.15) is 5.75 Å². The van der Waals surface area contributed by atoms with Crippen molar-refractivity contribution in [1.82, 2.24) is 0 Å². The Balaban J connectivity index is 2.15. The van der Waals surface area contributed by atoms with Crippen LogP contribution in [-0.4, -0.2) is 5.11 Å². The van der Waals surface area contributed by atoms with Crippen LogP contribution in [0.3, 0.4) is 0 Å². The molecule has 3 heteroatoms. The standard InChI is InChI=1S/C12H9IOS/c13-9-1-5-11(6-2-9)15-12-7-3-10(14)4-8-12/h1-8,14H. The smallest absolute Gasteiger partial charge is 0.115 e. The second-order valence-corrected chi connectivity index (χ2v) is 5.44. The van der Waals surface area contributed by atoms with Crippen LogP contribution in [0.25, 0.3) is 0 Å². The molecule has 0 saturated heterocycles. The van der Waals surface area contributed by atoms with Crippen LogP contribution in [-0.2, 0) is 0 Å². The van der Waals surface area contributed by atoms with Gasteiger partial charge in [-0.1, -0.05) is 11.8 Å². The van der Waals surface area contributed by atoms with Gasteiger partial charge in [-0.25, -0.2) is 0 Å². The second kappa shape index (κ2) is 4.90. The number of hydrogen-bond acceptors (Lipinski definition) is 2. The Kier molecular flexibility index (Phi) is 3.53. The van der Waals surface area contributed by atoms with Crippen LogP contribution in [0.1, 0.15) is 0 Å². The lowest BCUT2D eigenvalue weighted by atomic mass is 10.3. The van der Waals surface area contributed by atoms with Crippen LogP contribution in [0.5, 0.6) is 5.75 Å². The number of hydrogen-bond donors (Lipinski definition) is 1. The predicted molar refractivity (Wildman–Crippen MR) is 71.4 cm³/mol. The Morgan fingerprint density at radius 3 is 1.80 bits per heavy atom. The van der Waals surface area contributed by atoms with E-state index in [0.29, 0.717) is 5.75 Å². The number of aromatic hydroxyl groups is 1. The van der Waals surface area contributed by atoms with E-state index in [1.807, 2.05) is 12.1 Å². The van der Waals surface area contributed by atoms with Crippen molar-refractivity contribution in [3.8, 4) is 5.75 Å². The molecule has 0 spiro atoms. The highest BCUT2D eigenvalue weighted by Gasteiger charge is 1.97. The van der Waals surface area contributed by atoms with Crippen molar-refractivity contribution < 1.29 is 5.11 Å². The summed E-state index contributed by atoms with van der Waals surface area (Å²) in [5.74, 6) is 0.307. The second-order valence-electron chi connectivity index (χ2n) is 3.05. The third kappa shape index (κ3) is 3.14. The average Bonchev–Trinajstić information content (AvgIpc) is 2.25. The SMILES string of the molecule is Oc1ccc(Sc2ccc(I)cc2)cc1. The van der Waals surface area contributed by atoms with E-state index >= 15 is 0 Å². The summed E-state index contributed by atoms with van der Waals surface area (Å²) in [6, 6.07) is 15.6. The van der Waals surface area contributed by atoms with Crippen molar-refractivity contribution in [1.29, 1.82) is 0 Å². The van der Waals surface area contributed by atoms with Crippen LogP contribution >= 0.6 is 34.4 Å². The van der Waals surface area contributed by atoms with E-state index in [1.165, 1.54) is 8.47 Å². The van der Waals surface area contributed by atoms with E-state index in [1.54, 1.807) is 23.9 Å². The molecule has 0 atom stereocenters. The van der Waals surface area contributed by atoms with Crippen molar-refractivity contribution >= 4 is 34.4 Å². The first kappa shape index (κ1) is 10.8. The van der Waals surface area contributed by atoms with Crippen LogP contribution < -0.4 is 0 Å². The van der Waals surface area contributed by atoms with E-state index in [2.05, 4.69) is 46.9 Å². The van der Waals surface area contributed by atoms with Gasteiger partial charge < -0.3 is 5.11 Å². The van der Waals surface area contributed by atoms with Gasteiger partial charge in [-0.3, -0.25) is 0 Å². The summed E-state index contributed by atoms with van der Waals surface area (Å²) in [6.07, 6.45) is 0. The third-order valence-electron chi connectivity index (χ3n) is 1.89. The highest BCUT2D eigenvalue weighted by molar-refractivity contribution is 14.1. The first-order valence-electron chi connectivity index (χ1n) is 4.46. The molecule has 15 heavy (non-hydrogen) atoms. The number of phenolic OH excluding ortho intramolecular Hbond substituents is 1. The minimum atomic E-state index is 0.307.